The van der Waals surface area contributed by atoms with E-state index in [-0.39, 0.29) is 12.5 Å². The summed E-state index contributed by atoms with van der Waals surface area (Å²) >= 11 is 1.51. The fourth-order valence-corrected chi connectivity index (χ4v) is 5.94. The Morgan fingerprint density at radius 2 is 1.89 bits per heavy atom. The van der Waals surface area contributed by atoms with Gasteiger partial charge in [0.1, 0.15) is 0 Å². The van der Waals surface area contributed by atoms with Gasteiger partial charge in [0, 0.05) is 17.7 Å². The molecule has 3 unspecified atom stereocenters. The van der Waals surface area contributed by atoms with Gasteiger partial charge in [-0.15, -0.1) is 11.8 Å². The van der Waals surface area contributed by atoms with Crippen LogP contribution in [0.15, 0.2) is 41.4 Å². The molecular formula is C21H30NO4PS. The number of hydrogen-bond donors (Lipinski definition) is 0. The smallest absolute Gasteiger partial charge is 0.339 e. The predicted molar refractivity (Wildman–Crippen MR) is 117 cm³/mol. The third-order valence-electron chi connectivity index (χ3n) is 5.26. The number of pyridine rings is 1. The van der Waals surface area contributed by atoms with Crippen LogP contribution in [0.1, 0.15) is 34.6 Å². The van der Waals surface area contributed by atoms with Crippen LogP contribution in [0.25, 0.3) is 10.9 Å². The Bertz CT molecular complexity index is 831. The van der Waals surface area contributed by atoms with Gasteiger partial charge in [0.15, 0.2) is 5.60 Å². The molecule has 1 heterocycles. The van der Waals surface area contributed by atoms with E-state index in [1.165, 1.54) is 11.8 Å². The van der Waals surface area contributed by atoms with Gasteiger partial charge in [0.25, 0.3) is 0 Å². The van der Waals surface area contributed by atoms with Crippen molar-refractivity contribution in [1.29, 1.82) is 0 Å². The lowest BCUT2D eigenvalue weighted by molar-refractivity contribution is -0.175. The number of carbonyl (C=O) groups is 1. The number of esters is 1. The Kier molecular flexibility index (Phi) is 8.11. The Hall–Kier alpha value is -1.36. The van der Waals surface area contributed by atoms with Crippen molar-refractivity contribution in [2.45, 2.75) is 50.4 Å². The number of rotatable bonds is 10. The van der Waals surface area contributed by atoms with Gasteiger partial charge in [0.2, 0.25) is 0 Å². The average Bonchev–Trinajstić information content (AvgIpc) is 2.68. The highest BCUT2D eigenvalue weighted by Crippen LogP contribution is 2.47. The van der Waals surface area contributed by atoms with Crippen LogP contribution in [-0.2, 0) is 18.8 Å². The summed E-state index contributed by atoms with van der Waals surface area (Å²) in [5.74, 6) is -0.0562. The molecule has 2 aromatic rings. The summed E-state index contributed by atoms with van der Waals surface area (Å²) in [6, 6.07) is 11.9. The summed E-state index contributed by atoms with van der Waals surface area (Å²) in [5, 5.41) is 1.05. The van der Waals surface area contributed by atoms with Crippen LogP contribution in [0.2, 0.25) is 0 Å². The number of aromatic nitrogens is 1. The minimum absolute atomic E-state index is 0.0473. The number of para-hydroxylation sites is 1. The van der Waals surface area contributed by atoms with E-state index >= 15 is 0 Å². The van der Waals surface area contributed by atoms with Crippen LogP contribution < -0.4 is 0 Å². The predicted octanol–water partition coefficient (Wildman–Crippen LogP) is 4.84. The quantitative estimate of drug-likeness (QED) is 0.310. The molecule has 154 valence electrons. The minimum atomic E-state index is -1.31. The molecule has 0 spiro atoms. The average molecular weight is 424 g/mol. The Morgan fingerprint density at radius 3 is 2.50 bits per heavy atom. The molecule has 0 N–H and O–H groups in total. The maximum atomic E-state index is 12.9. The van der Waals surface area contributed by atoms with Gasteiger partial charge in [0.05, 0.1) is 30.8 Å². The first-order valence-corrected chi connectivity index (χ1v) is 11.6. The molecule has 0 aliphatic rings. The van der Waals surface area contributed by atoms with Crippen LogP contribution >= 0.6 is 20.2 Å². The first kappa shape index (κ1) is 22.9. The summed E-state index contributed by atoms with van der Waals surface area (Å²) in [6.45, 7) is 9.87. The van der Waals surface area contributed by atoms with E-state index in [1.54, 1.807) is 13.8 Å². The third-order valence-corrected chi connectivity index (χ3v) is 8.54. The van der Waals surface area contributed by atoms with Crippen LogP contribution in [0.3, 0.4) is 0 Å². The van der Waals surface area contributed by atoms with Crippen molar-refractivity contribution in [3.05, 3.63) is 36.4 Å². The van der Waals surface area contributed by atoms with Gasteiger partial charge in [-0.1, -0.05) is 38.1 Å². The number of hydrogen-bond acceptors (Lipinski definition) is 6. The van der Waals surface area contributed by atoms with E-state index in [4.69, 9.17) is 14.5 Å². The zero-order chi connectivity index (χ0) is 20.8. The molecule has 3 atom stereocenters. The number of ether oxygens (including phenoxy) is 2. The highest BCUT2D eigenvalue weighted by molar-refractivity contribution is 7.99. The van der Waals surface area contributed by atoms with Gasteiger partial charge in [-0.2, -0.15) is 0 Å². The molecule has 0 aliphatic carbocycles. The first-order chi connectivity index (χ1) is 13.3. The standard InChI is InChI=1S/C21H30NO4PS/c1-6-25-19(23)20(5,26-7-2)21(27-24,15(3)4)14-28-18-13-12-16-10-8-9-11-17(16)22-18/h8-13,15H,6-7,14,27H2,1-5H3. The largest absolute Gasteiger partial charge is 0.464 e. The van der Waals surface area contributed by atoms with Crippen LogP contribution in [0, 0.1) is 5.92 Å². The van der Waals surface area contributed by atoms with Crippen LogP contribution in [-0.4, -0.2) is 40.7 Å². The maximum absolute atomic E-state index is 12.9. The van der Waals surface area contributed by atoms with Crippen LogP contribution in [0.4, 0.5) is 0 Å². The van der Waals surface area contributed by atoms with Crippen molar-refractivity contribution in [2.75, 3.05) is 19.0 Å². The number of benzene rings is 1. The van der Waals surface area contributed by atoms with Gasteiger partial charge in [-0.05, 0) is 38.8 Å². The zero-order valence-electron chi connectivity index (χ0n) is 17.2. The van der Waals surface area contributed by atoms with Crippen molar-refractivity contribution in [3.8, 4) is 0 Å². The van der Waals surface area contributed by atoms with E-state index in [0.717, 1.165) is 15.9 Å². The molecule has 0 amide bonds. The molecule has 7 heteroatoms. The van der Waals surface area contributed by atoms with Crippen molar-refractivity contribution < 1.29 is 18.8 Å². The molecule has 0 radical (unpaired) electrons. The van der Waals surface area contributed by atoms with E-state index < -0.39 is 25.2 Å². The lowest BCUT2D eigenvalue weighted by atomic mass is 9.80. The Labute approximate surface area is 172 Å². The summed E-state index contributed by atoms with van der Waals surface area (Å²) in [5.41, 5.74) is -0.373. The number of nitrogens with zero attached hydrogens (tertiary/aromatic N) is 1. The second-order valence-corrected chi connectivity index (χ2v) is 9.39. The lowest BCUT2D eigenvalue weighted by Gasteiger charge is -2.45. The molecule has 0 fully saturated rings. The van der Waals surface area contributed by atoms with Crippen molar-refractivity contribution in [2.24, 2.45) is 5.92 Å². The van der Waals surface area contributed by atoms with E-state index in [9.17, 15) is 9.36 Å². The van der Waals surface area contributed by atoms with Crippen molar-refractivity contribution >= 4 is 37.1 Å². The van der Waals surface area contributed by atoms with Crippen molar-refractivity contribution in [3.63, 3.8) is 0 Å². The molecule has 0 saturated heterocycles. The molecular weight excluding hydrogens is 393 g/mol. The second-order valence-electron chi connectivity index (χ2n) is 7.13. The van der Waals surface area contributed by atoms with Crippen molar-refractivity contribution in [1.82, 2.24) is 4.98 Å². The topological polar surface area (TPSA) is 65.5 Å². The fraction of sp³-hybridized carbons (Fsp3) is 0.524. The Balaban J connectivity index is 2.39. The normalized spacial score (nSPS) is 16.4. The van der Waals surface area contributed by atoms with Gasteiger partial charge in [-0.25, -0.2) is 9.78 Å². The van der Waals surface area contributed by atoms with E-state index in [2.05, 4.69) is 0 Å². The first-order valence-electron chi connectivity index (χ1n) is 9.60. The Morgan fingerprint density at radius 1 is 1.18 bits per heavy atom. The second kappa shape index (κ2) is 9.91. The molecule has 0 saturated carbocycles. The number of thioether (sulfide) groups is 1. The summed E-state index contributed by atoms with van der Waals surface area (Å²) in [7, 11) is -1.31. The molecule has 2 rings (SSSR count). The van der Waals surface area contributed by atoms with E-state index in [0.29, 0.717) is 12.4 Å². The molecule has 1 aromatic heterocycles. The third kappa shape index (κ3) is 4.45. The highest BCUT2D eigenvalue weighted by atomic mass is 32.2. The zero-order valence-corrected chi connectivity index (χ0v) is 19.2. The molecule has 0 bridgehead atoms. The highest BCUT2D eigenvalue weighted by Gasteiger charge is 2.57. The lowest BCUT2D eigenvalue weighted by Crippen LogP contribution is -2.60. The molecule has 0 aliphatic heterocycles. The molecule has 1 aromatic carbocycles. The van der Waals surface area contributed by atoms with Crippen LogP contribution in [0.5, 0.6) is 0 Å². The summed E-state index contributed by atoms with van der Waals surface area (Å²) < 4.78 is 23.9. The number of carbonyl (C=O) groups excluding carboxylic acids is 1. The monoisotopic (exact) mass is 423 g/mol. The molecule has 28 heavy (non-hydrogen) atoms. The van der Waals surface area contributed by atoms with Gasteiger partial charge in [-0.3, -0.25) is 0 Å². The fourth-order valence-electron chi connectivity index (χ4n) is 3.40. The summed E-state index contributed by atoms with van der Waals surface area (Å²) in [4.78, 5) is 17.5. The SMILES string of the molecule is CCOC(=O)C(C)(OCC)C(CSc1ccc2ccccc2n1)([PH2]=O)C(C)C. The van der Waals surface area contributed by atoms with Gasteiger partial charge < -0.3 is 14.0 Å². The number of fused-ring (bicyclic) bond motifs is 1. The molecule has 5 nitrogen and oxygen atoms in total. The maximum Gasteiger partial charge on any atom is 0.339 e. The summed E-state index contributed by atoms with van der Waals surface area (Å²) in [6.07, 6.45) is 0. The van der Waals surface area contributed by atoms with E-state index in [1.807, 2.05) is 57.2 Å². The van der Waals surface area contributed by atoms with Gasteiger partial charge >= 0.3 is 5.97 Å². The minimum Gasteiger partial charge on any atom is -0.464 e.